The largest absolute Gasteiger partial charge is 0.396 e. The van der Waals surface area contributed by atoms with Crippen LogP contribution < -0.4 is 0 Å². The summed E-state index contributed by atoms with van der Waals surface area (Å²) < 4.78 is 0. The van der Waals surface area contributed by atoms with Gasteiger partial charge < -0.3 is 5.11 Å². The average molecular weight is 178 g/mol. The standard InChI is InChI=1S/C12H18O/c1-9-6-10-4-5-12(10,3)11(2,7-9)8-13/h9-10,13H,6-8H2,1-3H3/t9-,10+,11-,12+/m0/s1. The Morgan fingerprint density at radius 3 is 2.62 bits per heavy atom. The van der Waals surface area contributed by atoms with Crippen molar-refractivity contribution in [2.75, 3.05) is 6.61 Å². The van der Waals surface area contributed by atoms with Crippen LogP contribution in [0, 0.1) is 34.5 Å². The molecule has 72 valence electrons. The number of aliphatic hydroxyl groups excluding tert-OH is 1. The number of hydrogen-bond acceptors (Lipinski definition) is 1. The van der Waals surface area contributed by atoms with E-state index in [1.165, 1.54) is 6.42 Å². The minimum atomic E-state index is 0.0284. The number of hydrogen-bond donors (Lipinski definition) is 1. The molecule has 2 aliphatic carbocycles. The van der Waals surface area contributed by atoms with Crippen LogP contribution in [0.5, 0.6) is 0 Å². The second kappa shape index (κ2) is 2.51. The second-order valence-corrected chi connectivity index (χ2v) is 5.29. The van der Waals surface area contributed by atoms with Crippen LogP contribution in [0.2, 0.25) is 0 Å². The van der Waals surface area contributed by atoms with Crippen LogP contribution in [0.3, 0.4) is 0 Å². The lowest BCUT2D eigenvalue weighted by atomic mass is 9.48. The van der Waals surface area contributed by atoms with Crippen LogP contribution in [0.1, 0.15) is 33.6 Å². The molecule has 0 bridgehead atoms. The van der Waals surface area contributed by atoms with Gasteiger partial charge in [-0.2, -0.15) is 0 Å². The molecule has 0 aliphatic heterocycles. The first kappa shape index (κ1) is 9.09. The Balaban J connectivity index is 2.33. The highest BCUT2D eigenvalue weighted by Crippen LogP contribution is 2.57. The minimum absolute atomic E-state index is 0.0284. The fourth-order valence-electron chi connectivity index (χ4n) is 2.95. The Labute approximate surface area is 80.5 Å². The number of aliphatic hydroxyl groups is 1. The molecule has 0 heterocycles. The van der Waals surface area contributed by atoms with E-state index in [9.17, 15) is 5.11 Å². The van der Waals surface area contributed by atoms with Crippen molar-refractivity contribution in [2.45, 2.75) is 33.6 Å². The molecule has 0 amide bonds. The highest BCUT2D eigenvalue weighted by atomic mass is 16.3. The van der Waals surface area contributed by atoms with Gasteiger partial charge >= 0.3 is 0 Å². The van der Waals surface area contributed by atoms with Crippen molar-refractivity contribution in [2.24, 2.45) is 22.7 Å². The van der Waals surface area contributed by atoms with Crippen molar-refractivity contribution in [1.29, 1.82) is 0 Å². The van der Waals surface area contributed by atoms with Gasteiger partial charge in [0.2, 0.25) is 0 Å². The Kier molecular flexibility index (Phi) is 1.76. The van der Waals surface area contributed by atoms with Gasteiger partial charge in [-0.15, -0.1) is 0 Å². The van der Waals surface area contributed by atoms with E-state index in [0.29, 0.717) is 11.8 Å². The third-order valence-electron chi connectivity index (χ3n) is 4.24. The van der Waals surface area contributed by atoms with Crippen LogP contribution in [-0.4, -0.2) is 11.7 Å². The first-order chi connectivity index (χ1) is 6.02. The molecular formula is C12H18O. The van der Waals surface area contributed by atoms with Crippen molar-refractivity contribution in [3.8, 4) is 11.8 Å². The smallest absolute Gasteiger partial charge is 0.0499 e. The van der Waals surface area contributed by atoms with E-state index >= 15 is 0 Å². The fraction of sp³-hybridized carbons (Fsp3) is 0.833. The summed E-state index contributed by atoms with van der Waals surface area (Å²) in [6.07, 6.45) is 2.34. The van der Waals surface area contributed by atoms with Gasteiger partial charge in [-0.25, -0.2) is 0 Å². The van der Waals surface area contributed by atoms with Crippen LogP contribution in [0.15, 0.2) is 0 Å². The van der Waals surface area contributed by atoms with E-state index in [2.05, 4.69) is 32.6 Å². The van der Waals surface area contributed by atoms with Gasteiger partial charge in [0.25, 0.3) is 0 Å². The van der Waals surface area contributed by atoms with E-state index in [-0.39, 0.29) is 17.4 Å². The highest BCUT2D eigenvalue weighted by molar-refractivity contribution is 5.34. The lowest BCUT2D eigenvalue weighted by Gasteiger charge is -2.54. The van der Waals surface area contributed by atoms with Crippen LogP contribution in [0.4, 0.5) is 0 Å². The van der Waals surface area contributed by atoms with Crippen molar-refractivity contribution in [1.82, 2.24) is 0 Å². The third-order valence-corrected chi connectivity index (χ3v) is 4.24. The van der Waals surface area contributed by atoms with Gasteiger partial charge in [0.15, 0.2) is 0 Å². The minimum Gasteiger partial charge on any atom is -0.396 e. The van der Waals surface area contributed by atoms with E-state index in [1.54, 1.807) is 0 Å². The first-order valence-electron chi connectivity index (χ1n) is 5.15. The summed E-state index contributed by atoms with van der Waals surface area (Å²) in [7, 11) is 0. The van der Waals surface area contributed by atoms with E-state index < -0.39 is 0 Å². The number of rotatable bonds is 1. The summed E-state index contributed by atoms with van der Waals surface area (Å²) in [5.41, 5.74) is 0.120. The summed E-state index contributed by atoms with van der Waals surface area (Å²) in [6.45, 7) is 6.95. The van der Waals surface area contributed by atoms with Crippen molar-refractivity contribution in [3.05, 3.63) is 0 Å². The van der Waals surface area contributed by atoms with E-state index in [4.69, 9.17) is 0 Å². The van der Waals surface area contributed by atoms with Gasteiger partial charge in [-0.05, 0) is 25.7 Å². The average Bonchev–Trinajstić information content (AvgIpc) is 2.09. The topological polar surface area (TPSA) is 20.2 Å². The van der Waals surface area contributed by atoms with Gasteiger partial charge in [-0.1, -0.05) is 25.7 Å². The number of fused-ring (bicyclic) bond motifs is 1. The zero-order valence-electron chi connectivity index (χ0n) is 8.72. The molecule has 0 spiro atoms. The molecule has 0 aromatic heterocycles. The lowest BCUT2D eigenvalue weighted by Crippen LogP contribution is -2.52. The summed E-state index contributed by atoms with van der Waals surface area (Å²) in [4.78, 5) is 0. The molecule has 2 aliphatic rings. The molecule has 0 saturated heterocycles. The normalized spacial score (nSPS) is 52.9. The Morgan fingerprint density at radius 2 is 2.15 bits per heavy atom. The maximum absolute atomic E-state index is 9.49. The molecule has 0 aromatic rings. The Morgan fingerprint density at radius 1 is 1.46 bits per heavy atom. The van der Waals surface area contributed by atoms with Gasteiger partial charge in [0.1, 0.15) is 0 Å². The Bertz CT molecular complexity index is 285. The van der Waals surface area contributed by atoms with E-state index in [0.717, 1.165) is 6.42 Å². The summed E-state index contributed by atoms with van der Waals surface area (Å²) in [5.74, 6) is 7.77. The molecule has 0 unspecified atom stereocenters. The van der Waals surface area contributed by atoms with Gasteiger partial charge in [0, 0.05) is 23.4 Å². The molecular weight excluding hydrogens is 160 g/mol. The fourth-order valence-corrected chi connectivity index (χ4v) is 2.95. The predicted molar refractivity (Wildman–Crippen MR) is 53.0 cm³/mol. The van der Waals surface area contributed by atoms with Gasteiger partial charge in [-0.3, -0.25) is 0 Å². The quantitative estimate of drug-likeness (QED) is 0.609. The zero-order chi connectivity index (χ0) is 9.69. The zero-order valence-corrected chi connectivity index (χ0v) is 8.72. The molecule has 1 nitrogen and oxygen atoms in total. The SMILES string of the molecule is C[C@H]1C[C@H]2C#C[C@@]2(C)[C@](C)(CO)C1. The predicted octanol–water partition coefficient (Wildman–Crippen LogP) is 2.05. The summed E-state index contributed by atoms with van der Waals surface area (Å²) in [5, 5.41) is 9.49. The van der Waals surface area contributed by atoms with E-state index in [1.807, 2.05) is 0 Å². The summed E-state index contributed by atoms with van der Waals surface area (Å²) >= 11 is 0. The summed E-state index contributed by atoms with van der Waals surface area (Å²) in [6, 6.07) is 0. The van der Waals surface area contributed by atoms with Crippen LogP contribution in [0.25, 0.3) is 0 Å². The molecule has 1 fully saturated rings. The van der Waals surface area contributed by atoms with Gasteiger partial charge in [0.05, 0.1) is 0 Å². The lowest BCUT2D eigenvalue weighted by molar-refractivity contribution is -0.0443. The monoisotopic (exact) mass is 178 g/mol. The van der Waals surface area contributed by atoms with Crippen molar-refractivity contribution < 1.29 is 5.11 Å². The third kappa shape index (κ3) is 0.987. The molecule has 1 N–H and O–H groups in total. The highest BCUT2D eigenvalue weighted by Gasteiger charge is 2.55. The van der Waals surface area contributed by atoms with Crippen LogP contribution in [-0.2, 0) is 0 Å². The Hall–Kier alpha value is -0.480. The van der Waals surface area contributed by atoms with Crippen LogP contribution >= 0.6 is 0 Å². The molecule has 1 saturated carbocycles. The van der Waals surface area contributed by atoms with Crippen molar-refractivity contribution in [3.63, 3.8) is 0 Å². The maximum atomic E-state index is 9.49. The molecule has 0 radical (unpaired) electrons. The first-order valence-corrected chi connectivity index (χ1v) is 5.15. The van der Waals surface area contributed by atoms with Crippen molar-refractivity contribution >= 4 is 0 Å². The maximum Gasteiger partial charge on any atom is 0.0499 e. The molecule has 4 atom stereocenters. The molecule has 0 aromatic carbocycles. The molecule has 1 heteroatoms. The molecule has 13 heavy (non-hydrogen) atoms. The second-order valence-electron chi connectivity index (χ2n) is 5.29. The molecule has 2 rings (SSSR count).